The van der Waals surface area contributed by atoms with Gasteiger partial charge in [0, 0.05) is 16.8 Å². The Hall–Kier alpha value is -0.480. The van der Waals surface area contributed by atoms with E-state index in [-0.39, 0.29) is 5.91 Å². The van der Waals surface area contributed by atoms with Gasteiger partial charge >= 0.3 is 0 Å². The van der Waals surface area contributed by atoms with Gasteiger partial charge in [-0.1, -0.05) is 6.92 Å². The van der Waals surface area contributed by atoms with Crippen LogP contribution in [0, 0.1) is 5.41 Å². The van der Waals surface area contributed by atoms with E-state index in [4.69, 9.17) is 0 Å². The molecule has 0 unspecified atom stereocenters. The van der Waals surface area contributed by atoms with Crippen LogP contribution >= 0.6 is 24.0 Å². The van der Waals surface area contributed by atoms with Crippen molar-refractivity contribution in [2.45, 2.75) is 24.7 Å². The third-order valence-electron chi connectivity index (χ3n) is 2.59. The van der Waals surface area contributed by atoms with E-state index in [1.54, 1.807) is 6.07 Å². The molecule has 0 atom stereocenters. The Balaban J connectivity index is 1.89. The molecule has 0 aliphatic heterocycles. The third-order valence-corrected chi connectivity index (χ3v) is 3.95. The lowest BCUT2D eigenvalue weighted by Gasteiger charge is -2.08. The van der Waals surface area contributed by atoms with E-state index in [0.29, 0.717) is 5.41 Å². The van der Waals surface area contributed by atoms with Crippen LogP contribution in [0.15, 0.2) is 16.3 Å². The zero-order chi connectivity index (χ0) is 10.2. The first-order valence-electron chi connectivity index (χ1n) is 4.65. The summed E-state index contributed by atoms with van der Waals surface area (Å²) in [5.74, 6) is 0.0309. The summed E-state index contributed by atoms with van der Waals surface area (Å²) < 4.78 is 0. The van der Waals surface area contributed by atoms with Gasteiger partial charge in [0.15, 0.2) is 0 Å². The Morgan fingerprint density at radius 2 is 2.43 bits per heavy atom. The molecule has 2 rings (SSSR count). The first-order chi connectivity index (χ1) is 6.59. The lowest BCUT2D eigenvalue weighted by Crippen LogP contribution is -2.28. The van der Waals surface area contributed by atoms with Crippen molar-refractivity contribution in [1.29, 1.82) is 0 Å². The number of nitrogens with one attached hydrogen (secondary N) is 1. The summed E-state index contributed by atoms with van der Waals surface area (Å²) in [6.45, 7) is 3.00. The van der Waals surface area contributed by atoms with E-state index in [9.17, 15) is 4.79 Å². The van der Waals surface area contributed by atoms with Gasteiger partial charge in [0.1, 0.15) is 0 Å². The number of thiol groups is 1. The molecule has 0 aromatic carbocycles. The van der Waals surface area contributed by atoms with E-state index in [0.717, 1.165) is 16.3 Å². The van der Waals surface area contributed by atoms with Gasteiger partial charge in [0.25, 0.3) is 5.91 Å². The van der Waals surface area contributed by atoms with E-state index >= 15 is 0 Å². The topological polar surface area (TPSA) is 29.1 Å². The summed E-state index contributed by atoms with van der Waals surface area (Å²) >= 11 is 5.61. The Morgan fingerprint density at radius 1 is 1.71 bits per heavy atom. The lowest BCUT2D eigenvalue weighted by molar-refractivity contribution is 0.0950. The summed E-state index contributed by atoms with van der Waals surface area (Å²) in [5, 5.41) is 4.82. The minimum absolute atomic E-state index is 0.0309. The highest BCUT2D eigenvalue weighted by Crippen LogP contribution is 2.44. The predicted octanol–water partition coefficient (Wildman–Crippen LogP) is 2.57. The molecular weight excluding hydrogens is 214 g/mol. The number of hydrogen-bond acceptors (Lipinski definition) is 3. The van der Waals surface area contributed by atoms with Crippen molar-refractivity contribution in [3.8, 4) is 0 Å². The molecule has 1 N–H and O–H groups in total. The number of amides is 1. The first kappa shape index (κ1) is 10.1. The van der Waals surface area contributed by atoms with E-state index < -0.39 is 0 Å². The molecular formula is C10H13NOS2. The monoisotopic (exact) mass is 227 g/mol. The Morgan fingerprint density at radius 3 is 2.93 bits per heavy atom. The molecule has 4 heteroatoms. The van der Waals surface area contributed by atoms with Crippen molar-refractivity contribution in [3.63, 3.8) is 0 Å². The quantitative estimate of drug-likeness (QED) is 0.764. The smallest absolute Gasteiger partial charge is 0.261 e. The average Bonchev–Trinajstić information content (AvgIpc) is 2.71. The maximum Gasteiger partial charge on any atom is 0.261 e. The fourth-order valence-electron chi connectivity index (χ4n) is 1.22. The fraction of sp³-hybridized carbons (Fsp3) is 0.500. The van der Waals surface area contributed by atoms with Crippen molar-refractivity contribution in [2.24, 2.45) is 5.41 Å². The number of carbonyl (C=O) groups is 1. The predicted molar refractivity (Wildman–Crippen MR) is 61.2 cm³/mol. The molecule has 0 saturated heterocycles. The largest absolute Gasteiger partial charge is 0.351 e. The minimum Gasteiger partial charge on any atom is -0.351 e. The van der Waals surface area contributed by atoms with Crippen LogP contribution in [0.2, 0.25) is 0 Å². The molecule has 1 heterocycles. The fourth-order valence-corrected chi connectivity index (χ4v) is 2.28. The molecule has 0 bridgehead atoms. The first-order valence-corrected chi connectivity index (χ1v) is 5.97. The Labute approximate surface area is 93.1 Å². The number of hydrogen-bond donors (Lipinski definition) is 2. The Bertz CT molecular complexity index is 355. The molecule has 0 radical (unpaired) electrons. The minimum atomic E-state index is 0.0309. The van der Waals surface area contributed by atoms with E-state index in [1.165, 1.54) is 24.2 Å². The van der Waals surface area contributed by atoms with Crippen LogP contribution in [0.4, 0.5) is 0 Å². The maximum absolute atomic E-state index is 11.6. The van der Waals surface area contributed by atoms with Crippen molar-refractivity contribution in [1.82, 2.24) is 5.32 Å². The van der Waals surface area contributed by atoms with Crippen LogP contribution in [-0.4, -0.2) is 12.5 Å². The van der Waals surface area contributed by atoms with Gasteiger partial charge in [-0.3, -0.25) is 4.79 Å². The van der Waals surface area contributed by atoms with Gasteiger partial charge in [0.2, 0.25) is 0 Å². The standard InChI is InChI=1S/C10H13NOS2/c1-10(2-3-10)6-11-9(12)8-4-7(13)5-14-8/h4-5,13H,2-3,6H2,1H3,(H,11,12). The molecule has 1 amide bonds. The number of carbonyl (C=O) groups excluding carboxylic acids is 1. The molecule has 1 aromatic heterocycles. The maximum atomic E-state index is 11.6. The summed E-state index contributed by atoms with van der Waals surface area (Å²) in [5.41, 5.74) is 0.372. The van der Waals surface area contributed by atoms with Crippen molar-refractivity contribution >= 4 is 29.9 Å². The molecule has 0 spiro atoms. The van der Waals surface area contributed by atoms with Crippen LogP contribution in [-0.2, 0) is 0 Å². The van der Waals surface area contributed by atoms with Crippen LogP contribution in [0.5, 0.6) is 0 Å². The van der Waals surface area contributed by atoms with Crippen LogP contribution < -0.4 is 5.32 Å². The normalized spacial score (nSPS) is 17.9. The number of thiophene rings is 1. The second-order valence-corrected chi connectivity index (χ2v) is 5.59. The molecule has 1 fully saturated rings. The van der Waals surface area contributed by atoms with Gasteiger partial charge in [-0.2, -0.15) is 0 Å². The van der Waals surface area contributed by atoms with Gasteiger partial charge in [-0.05, 0) is 24.3 Å². The van der Waals surface area contributed by atoms with Gasteiger partial charge in [-0.15, -0.1) is 24.0 Å². The highest BCUT2D eigenvalue weighted by Gasteiger charge is 2.37. The molecule has 2 nitrogen and oxygen atoms in total. The summed E-state index contributed by atoms with van der Waals surface area (Å²) in [7, 11) is 0. The van der Waals surface area contributed by atoms with E-state index in [1.807, 2.05) is 5.38 Å². The van der Waals surface area contributed by atoms with Crippen molar-refractivity contribution < 1.29 is 4.79 Å². The second-order valence-electron chi connectivity index (χ2n) is 4.16. The molecule has 1 aliphatic rings. The third kappa shape index (κ3) is 2.30. The van der Waals surface area contributed by atoms with Crippen LogP contribution in [0.25, 0.3) is 0 Å². The summed E-state index contributed by atoms with van der Waals surface area (Å²) in [6.07, 6.45) is 2.46. The van der Waals surface area contributed by atoms with Gasteiger partial charge in [0.05, 0.1) is 4.88 Å². The van der Waals surface area contributed by atoms with Crippen molar-refractivity contribution in [2.75, 3.05) is 6.54 Å². The molecule has 1 saturated carbocycles. The summed E-state index contributed by atoms with van der Waals surface area (Å²) in [4.78, 5) is 13.2. The molecule has 76 valence electrons. The summed E-state index contributed by atoms with van der Waals surface area (Å²) in [6, 6.07) is 1.80. The van der Waals surface area contributed by atoms with Crippen molar-refractivity contribution in [3.05, 3.63) is 16.3 Å². The SMILES string of the molecule is CC1(CNC(=O)c2cc(S)cs2)CC1. The zero-order valence-corrected chi connectivity index (χ0v) is 9.75. The molecule has 14 heavy (non-hydrogen) atoms. The Kier molecular flexibility index (Phi) is 2.58. The second kappa shape index (κ2) is 3.59. The highest BCUT2D eigenvalue weighted by molar-refractivity contribution is 7.80. The zero-order valence-electron chi connectivity index (χ0n) is 8.04. The van der Waals surface area contributed by atoms with E-state index in [2.05, 4.69) is 24.9 Å². The molecule has 1 aromatic rings. The lowest BCUT2D eigenvalue weighted by atomic mass is 10.1. The average molecular weight is 227 g/mol. The molecule has 1 aliphatic carbocycles. The van der Waals surface area contributed by atoms with Crippen LogP contribution in [0.1, 0.15) is 29.4 Å². The number of rotatable bonds is 3. The van der Waals surface area contributed by atoms with Gasteiger partial charge < -0.3 is 5.32 Å². The van der Waals surface area contributed by atoms with Gasteiger partial charge in [-0.25, -0.2) is 0 Å². The van der Waals surface area contributed by atoms with Crippen LogP contribution in [0.3, 0.4) is 0 Å². The highest BCUT2D eigenvalue weighted by atomic mass is 32.1.